The number of H-pyrrole nitrogens is 1. The first-order chi connectivity index (χ1) is 13.2. The fourth-order valence-electron chi connectivity index (χ4n) is 3.07. The Labute approximate surface area is 160 Å². The molecule has 0 aliphatic rings. The molecule has 4 aromatic rings. The molecule has 0 spiro atoms. The zero-order chi connectivity index (χ0) is 18.6. The quantitative estimate of drug-likeness (QED) is 0.485. The van der Waals surface area contributed by atoms with E-state index in [4.69, 9.17) is 5.73 Å². The second kappa shape index (κ2) is 7.67. The van der Waals surface area contributed by atoms with Crippen molar-refractivity contribution < 1.29 is 4.79 Å². The van der Waals surface area contributed by atoms with E-state index in [0.717, 1.165) is 16.9 Å². The minimum Gasteiger partial charge on any atom is -0.369 e. The van der Waals surface area contributed by atoms with Gasteiger partial charge < -0.3 is 15.3 Å². The fraction of sp³-hybridized carbons (Fsp3) is 0.150. The summed E-state index contributed by atoms with van der Waals surface area (Å²) in [4.78, 5) is 14.5. The van der Waals surface area contributed by atoms with Gasteiger partial charge in [0, 0.05) is 23.5 Å². The summed E-state index contributed by atoms with van der Waals surface area (Å²) >= 11 is 1.32. The fourth-order valence-corrected chi connectivity index (χ4v) is 3.76. The number of nitrogens with one attached hydrogen (secondary N) is 1. The molecule has 136 valence electrons. The highest BCUT2D eigenvalue weighted by atomic mass is 32.2. The van der Waals surface area contributed by atoms with Crippen LogP contribution < -0.4 is 5.73 Å². The first-order valence-corrected chi connectivity index (χ1v) is 9.61. The predicted octanol–water partition coefficient (Wildman–Crippen LogP) is 2.98. The number of carbonyl (C=O) groups excluding carboxylic acids is 1. The van der Waals surface area contributed by atoms with Crippen LogP contribution in [0.25, 0.3) is 10.9 Å². The molecule has 0 bridgehead atoms. The van der Waals surface area contributed by atoms with Gasteiger partial charge in [-0.3, -0.25) is 4.79 Å². The normalized spacial score (nSPS) is 11.1. The van der Waals surface area contributed by atoms with Crippen LogP contribution in [0.2, 0.25) is 0 Å². The number of primary amides is 1. The first kappa shape index (κ1) is 17.4. The van der Waals surface area contributed by atoms with E-state index < -0.39 is 0 Å². The number of hydrogen-bond donors (Lipinski definition) is 2. The Morgan fingerprint density at radius 3 is 2.67 bits per heavy atom. The molecular formula is C20H19N5OS. The minimum atomic E-state index is -0.368. The Balaban J connectivity index is 1.67. The third-order valence-corrected chi connectivity index (χ3v) is 5.33. The van der Waals surface area contributed by atoms with Gasteiger partial charge in [-0.1, -0.05) is 60.3 Å². The van der Waals surface area contributed by atoms with Crippen molar-refractivity contribution in [1.82, 2.24) is 19.7 Å². The predicted molar refractivity (Wildman–Crippen MR) is 107 cm³/mol. The van der Waals surface area contributed by atoms with Crippen LogP contribution in [0.3, 0.4) is 0 Å². The van der Waals surface area contributed by atoms with E-state index in [-0.39, 0.29) is 11.7 Å². The maximum atomic E-state index is 11.2. The van der Waals surface area contributed by atoms with Gasteiger partial charge in [0.25, 0.3) is 0 Å². The lowest BCUT2D eigenvalue weighted by Crippen LogP contribution is -2.14. The Morgan fingerprint density at radius 2 is 1.85 bits per heavy atom. The van der Waals surface area contributed by atoms with Gasteiger partial charge in [-0.25, -0.2) is 0 Å². The van der Waals surface area contributed by atoms with Crippen LogP contribution >= 0.6 is 11.8 Å². The smallest absolute Gasteiger partial charge is 0.227 e. The van der Waals surface area contributed by atoms with E-state index in [2.05, 4.69) is 44.0 Å². The monoisotopic (exact) mass is 377 g/mol. The number of hydrogen-bond acceptors (Lipinski definition) is 4. The average Bonchev–Trinajstić information content (AvgIpc) is 3.26. The van der Waals surface area contributed by atoms with Crippen molar-refractivity contribution in [2.45, 2.75) is 18.1 Å². The number of rotatable bonds is 7. The van der Waals surface area contributed by atoms with Crippen molar-refractivity contribution in [2.75, 3.05) is 5.75 Å². The third kappa shape index (κ3) is 3.88. The van der Waals surface area contributed by atoms with Gasteiger partial charge in [0.15, 0.2) is 5.16 Å². The van der Waals surface area contributed by atoms with E-state index in [1.165, 1.54) is 22.7 Å². The van der Waals surface area contributed by atoms with E-state index in [1.807, 2.05) is 36.5 Å². The van der Waals surface area contributed by atoms with E-state index in [1.54, 1.807) is 0 Å². The van der Waals surface area contributed by atoms with Gasteiger partial charge in [0.1, 0.15) is 5.82 Å². The SMILES string of the molecule is NC(=O)CSc1nnc(Cc2c[nH]c3ccccc23)n1Cc1ccccc1. The van der Waals surface area contributed by atoms with Gasteiger partial charge >= 0.3 is 0 Å². The number of nitrogens with zero attached hydrogens (tertiary/aromatic N) is 3. The zero-order valence-electron chi connectivity index (χ0n) is 14.6. The zero-order valence-corrected chi connectivity index (χ0v) is 15.4. The molecule has 0 radical (unpaired) electrons. The molecule has 0 saturated heterocycles. The maximum absolute atomic E-state index is 11.2. The van der Waals surface area contributed by atoms with Crippen molar-refractivity contribution in [3.05, 3.63) is 77.7 Å². The van der Waals surface area contributed by atoms with Gasteiger partial charge in [0.2, 0.25) is 5.91 Å². The number of aromatic amines is 1. The average molecular weight is 377 g/mol. The summed E-state index contributed by atoms with van der Waals surface area (Å²) in [5.74, 6) is 0.669. The topological polar surface area (TPSA) is 89.6 Å². The number of thioether (sulfide) groups is 1. The Hall–Kier alpha value is -3.06. The maximum Gasteiger partial charge on any atom is 0.227 e. The first-order valence-electron chi connectivity index (χ1n) is 8.63. The molecule has 2 aromatic carbocycles. The lowest BCUT2D eigenvalue weighted by Gasteiger charge is -2.10. The molecule has 7 heteroatoms. The van der Waals surface area contributed by atoms with Gasteiger partial charge in [-0.05, 0) is 17.2 Å². The number of fused-ring (bicyclic) bond motifs is 1. The lowest BCUT2D eigenvalue weighted by molar-refractivity contribution is -0.115. The summed E-state index contributed by atoms with van der Waals surface area (Å²) in [6.07, 6.45) is 2.67. The number of para-hydroxylation sites is 1. The third-order valence-electron chi connectivity index (χ3n) is 4.34. The molecule has 0 atom stereocenters. The molecule has 3 N–H and O–H groups in total. The summed E-state index contributed by atoms with van der Waals surface area (Å²) in [6.45, 7) is 0.645. The summed E-state index contributed by atoms with van der Waals surface area (Å²) in [7, 11) is 0. The molecule has 0 aliphatic heterocycles. The van der Waals surface area contributed by atoms with Crippen molar-refractivity contribution in [2.24, 2.45) is 5.73 Å². The Morgan fingerprint density at radius 1 is 1.07 bits per heavy atom. The molecular weight excluding hydrogens is 358 g/mol. The van der Waals surface area contributed by atoms with Crippen LogP contribution in [0.4, 0.5) is 0 Å². The summed E-state index contributed by atoms with van der Waals surface area (Å²) < 4.78 is 2.06. The van der Waals surface area contributed by atoms with Gasteiger partial charge in [0.05, 0.1) is 12.3 Å². The van der Waals surface area contributed by atoms with Crippen LogP contribution in [0, 0.1) is 0 Å². The van der Waals surface area contributed by atoms with Crippen LogP contribution in [-0.2, 0) is 17.8 Å². The van der Waals surface area contributed by atoms with Gasteiger partial charge in [-0.2, -0.15) is 0 Å². The lowest BCUT2D eigenvalue weighted by atomic mass is 10.1. The summed E-state index contributed by atoms with van der Waals surface area (Å²) in [6, 6.07) is 18.3. The van der Waals surface area contributed by atoms with Crippen LogP contribution in [-0.4, -0.2) is 31.4 Å². The second-order valence-electron chi connectivity index (χ2n) is 6.26. The number of nitrogens with two attached hydrogens (primary N) is 1. The molecule has 0 saturated carbocycles. The van der Waals surface area contributed by atoms with Gasteiger partial charge in [-0.15, -0.1) is 10.2 Å². The Bertz CT molecular complexity index is 1070. The molecule has 27 heavy (non-hydrogen) atoms. The summed E-state index contributed by atoms with van der Waals surface area (Å²) in [5.41, 5.74) is 8.72. The summed E-state index contributed by atoms with van der Waals surface area (Å²) in [5, 5.41) is 10.6. The molecule has 1 amide bonds. The van der Waals surface area contributed by atoms with Crippen molar-refractivity contribution in [1.29, 1.82) is 0 Å². The largest absolute Gasteiger partial charge is 0.369 e. The molecule has 6 nitrogen and oxygen atoms in total. The highest BCUT2D eigenvalue weighted by Crippen LogP contribution is 2.23. The highest BCUT2D eigenvalue weighted by Gasteiger charge is 2.16. The molecule has 0 unspecified atom stereocenters. The van der Waals surface area contributed by atoms with Crippen molar-refractivity contribution in [3.8, 4) is 0 Å². The molecule has 0 aliphatic carbocycles. The van der Waals surface area contributed by atoms with Crippen LogP contribution in [0.1, 0.15) is 17.0 Å². The van der Waals surface area contributed by atoms with E-state index in [9.17, 15) is 4.79 Å². The number of amides is 1. The standard InChI is InChI=1S/C20H19N5OS/c21-18(26)13-27-20-24-23-19(25(20)12-14-6-2-1-3-7-14)10-15-11-22-17-9-5-4-8-16(15)17/h1-9,11,22H,10,12-13H2,(H2,21,26). The molecule has 4 rings (SSSR count). The van der Waals surface area contributed by atoms with Crippen LogP contribution in [0.5, 0.6) is 0 Å². The van der Waals surface area contributed by atoms with E-state index in [0.29, 0.717) is 18.1 Å². The minimum absolute atomic E-state index is 0.181. The molecule has 0 fully saturated rings. The molecule has 2 aromatic heterocycles. The van der Waals surface area contributed by atoms with Crippen LogP contribution in [0.15, 0.2) is 66.0 Å². The van der Waals surface area contributed by atoms with E-state index >= 15 is 0 Å². The Kier molecular flexibility index (Phi) is 4.93. The number of aromatic nitrogens is 4. The number of carbonyl (C=O) groups is 1. The second-order valence-corrected chi connectivity index (χ2v) is 7.20. The molecule has 2 heterocycles. The highest BCUT2D eigenvalue weighted by molar-refractivity contribution is 7.99. The van der Waals surface area contributed by atoms with Crippen molar-refractivity contribution in [3.63, 3.8) is 0 Å². The van der Waals surface area contributed by atoms with Crippen molar-refractivity contribution >= 4 is 28.6 Å². The number of benzene rings is 2.